The zero-order chi connectivity index (χ0) is 20.5. The molecule has 0 atom stereocenters. The van der Waals surface area contributed by atoms with Crippen molar-refractivity contribution in [3.05, 3.63) is 52.5 Å². The molecule has 1 amide bonds. The molecule has 0 spiro atoms. The van der Waals surface area contributed by atoms with E-state index in [9.17, 15) is 18.0 Å². The maximum Gasteiger partial charge on any atom is 0.264 e. The van der Waals surface area contributed by atoms with E-state index in [-0.39, 0.29) is 10.7 Å². The standard InChI is InChI=1S/C19H19N3O4S2/c1-3-4-13-7-10-15-16(20)18(27-19(15)21-13)17(24)12-5-8-14(9-6-12)28(25,26)22-11(2)23/h5-10H,3-4,20H2,1-2H3,(H,22,23). The largest absolute Gasteiger partial charge is 0.397 e. The summed E-state index contributed by atoms with van der Waals surface area (Å²) in [7, 11) is -3.95. The molecule has 9 heteroatoms. The third-order valence-corrected chi connectivity index (χ3v) is 6.63. The summed E-state index contributed by atoms with van der Waals surface area (Å²) in [4.78, 5) is 29.4. The second-order valence-electron chi connectivity index (χ2n) is 6.27. The van der Waals surface area contributed by atoms with E-state index in [1.165, 1.54) is 35.6 Å². The number of nitrogens with two attached hydrogens (primary N) is 1. The maximum atomic E-state index is 12.9. The second-order valence-corrected chi connectivity index (χ2v) is 8.95. The summed E-state index contributed by atoms with van der Waals surface area (Å²) in [6, 6.07) is 9.14. The van der Waals surface area contributed by atoms with Gasteiger partial charge >= 0.3 is 0 Å². The highest BCUT2D eigenvalue weighted by Gasteiger charge is 2.21. The van der Waals surface area contributed by atoms with E-state index >= 15 is 0 Å². The van der Waals surface area contributed by atoms with Crippen molar-refractivity contribution in [2.24, 2.45) is 0 Å². The van der Waals surface area contributed by atoms with Crippen molar-refractivity contribution in [1.82, 2.24) is 9.71 Å². The SMILES string of the molecule is CCCc1ccc2c(N)c(C(=O)c3ccc(S(=O)(=O)NC(C)=O)cc3)sc2n1. The minimum atomic E-state index is -3.95. The number of fused-ring (bicyclic) bond motifs is 1. The number of rotatable bonds is 6. The molecule has 0 aliphatic carbocycles. The van der Waals surface area contributed by atoms with Crippen LogP contribution < -0.4 is 10.5 Å². The normalized spacial score (nSPS) is 11.5. The minimum Gasteiger partial charge on any atom is -0.397 e. The van der Waals surface area contributed by atoms with Crippen LogP contribution in [-0.4, -0.2) is 25.1 Å². The average molecular weight is 418 g/mol. The molecule has 0 aliphatic heterocycles. The number of nitrogens with one attached hydrogen (secondary N) is 1. The van der Waals surface area contributed by atoms with Crippen LogP contribution in [0.25, 0.3) is 10.2 Å². The first-order valence-electron chi connectivity index (χ1n) is 8.59. The molecule has 28 heavy (non-hydrogen) atoms. The molecule has 0 saturated heterocycles. The number of anilines is 1. The van der Waals surface area contributed by atoms with Crippen LogP contribution in [0.3, 0.4) is 0 Å². The van der Waals surface area contributed by atoms with E-state index in [1.54, 1.807) is 0 Å². The molecule has 1 aromatic carbocycles. The predicted molar refractivity (Wildman–Crippen MR) is 109 cm³/mol. The number of aromatic nitrogens is 1. The quantitative estimate of drug-likeness (QED) is 0.595. The molecule has 0 saturated carbocycles. The molecule has 0 fully saturated rings. The number of nitrogens with zero attached hydrogens (tertiary/aromatic N) is 1. The van der Waals surface area contributed by atoms with E-state index in [4.69, 9.17) is 5.73 Å². The van der Waals surface area contributed by atoms with E-state index < -0.39 is 15.9 Å². The summed E-state index contributed by atoms with van der Waals surface area (Å²) in [5.41, 5.74) is 7.78. The number of amides is 1. The molecule has 146 valence electrons. The Hall–Kier alpha value is -2.78. The summed E-state index contributed by atoms with van der Waals surface area (Å²) < 4.78 is 25.9. The van der Waals surface area contributed by atoms with Gasteiger partial charge in [-0.25, -0.2) is 18.1 Å². The van der Waals surface area contributed by atoms with Crippen molar-refractivity contribution in [2.75, 3.05) is 5.73 Å². The highest BCUT2D eigenvalue weighted by atomic mass is 32.2. The smallest absolute Gasteiger partial charge is 0.264 e. The Morgan fingerprint density at radius 2 is 1.82 bits per heavy atom. The van der Waals surface area contributed by atoms with Crippen molar-refractivity contribution in [3.8, 4) is 0 Å². The number of thiophene rings is 1. The van der Waals surface area contributed by atoms with Gasteiger partial charge in [0.05, 0.1) is 10.6 Å². The number of hydrogen-bond acceptors (Lipinski definition) is 7. The summed E-state index contributed by atoms with van der Waals surface area (Å²) in [5.74, 6) is -0.992. The van der Waals surface area contributed by atoms with Gasteiger partial charge in [-0.3, -0.25) is 9.59 Å². The van der Waals surface area contributed by atoms with Crippen LogP contribution in [-0.2, 0) is 21.2 Å². The number of sulfonamides is 1. The number of carbonyl (C=O) groups excluding carboxylic acids is 2. The number of benzene rings is 1. The number of ketones is 1. The number of aryl methyl sites for hydroxylation is 1. The van der Waals surface area contributed by atoms with Crippen molar-refractivity contribution in [3.63, 3.8) is 0 Å². The van der Waals surface area contributed by atoms with E-state index in [2.05, 4.69) is 11.9 Å². The first kappa shape index (κ1) is 20.0. The molecule has 7 nitrogen and oxygen atoms in total. The van der Waals surface area contributed by atoms with Gasteiger partial charge in [0.2, 0.25) is 11.7 Å². The van der Waals surface area contributed by atoms with Gasteiger partial charge < -0.3 is 5.73 Å². The van der Waals surface area contributed by atoms with Crippen LogP contribution >= 0.6 is 11.3 Å². The molecule has 0 aliphatic rings. The summed E-state index contributed by atoms with van der Waals surface area (Å²) in [5, 5.41) is 0.734. The summed E-state index contributed by atoms with van der Waals surface area (Å²) in [6.45, 7) is 3.18. The monoisotopic (exact) mass is 417 g/mol. The minimum absolute atomic E-state index is 0.102. The van der Waals surface area contributed by atoms with Gasteiger partial charge in [-0.15, -0.1) is 11.3 Å². The Morgan fingerprint density at radius 3 is 2.43 bits per heavy atom. The van der Waals surface area contributed by atoms with Crippen molar-refractivity contribution < 1.29 is 18.0 Å². The second kappa shape index (κ2) is 7.69. The fourth-order valence-corrected chi connectivity index (χ4v) is 4.83. The molecular weight excluding hydrogens is 398 g/mol. The van der Waals surface area contributed by atoms with Crippen molar-refractivity contribution >= 4 is 49.0 Å². The first-order valence-corrected chi connectivity index (χ1v) is 10.9. The third kappa shape index (κ3) is 3.90. The van der Waals surface area contributed by atoms with E-state index in [0.717, 1.165) is 30.8 Å². The van der Waals surface area contributed by atoms with Crippen molar-refractivity contribution in [2.45, 2.75) is 31.6 Å². The van der Waals surface area contributed by atoms with Gasteiger partial charge in [-0.2, -0.15) is 0 Å². The van der Waals surface area contributed by atoms with Crippen LogP contribution in [0.5, 0.6) is 0 Å². The highest BCUT2D eigenvalue weighted by molar-refractivity contribution is 7.90. The maximum absolute atomic E-state index is 12.9. The summed E-state index contributed by atoms with van der Waals surface area (Å²) in [6.07, 6.45) is 1.82. The van der Waals surface area contributed by atoms with Crippen LogP contribution in [0.2, 0.25) is 0 Å². The molecule has 3 N–H and O–H groups in total. The molecule has 0 bridgehead atoms. The number of nitrogen functional groups attached to an aromatic ring is 1. The van der Waals surface area contributed by atoms with Gasteiger partial charge in [-0.1, -0.05) is 13.3 Å². The summed E-state index contributed by atoms with van der Waals surface area (Å²) >= 11 is 1.22. The average Bonchev–Trinajstić information content (AvgIpc) is 2.96. The predicted octanol–water partition coefficient (Wildman–Crippen LogP) is 2.89. The Labute approximate surface area is 166 Å². The number of pyridine rings is 1. The molecule has 3 rings (SSSR count). The lowest BCUT2D eigenvalue weighted by Gasteiger charge is -2.05. The number of hydrogen-bond donors (Lipinski definition) is 2. The van der Waals surface area contributed by atoms with Crippen LogP contribution in [0, 0.1) is 0 Å². The lowest BCUT2D eigenvalue weighted by Crippen LogP contribution is -2.28. The van der Waals surface area contributed by atoms with Crippen LogP contribution in [0.15, 0.2) is 41.3 Å². The lowest BCUT2D eigenvalue weighted by atomic mass is 10.1. The molecular formula is C19H19N3O4S2. The van der Waals surface area contributed by atoms with Crippen LogP contribution in [0.4, 0.5) is 5.69 Å². The van der Waals surface area contributed by atoms with E-state index in [0.29, 0.717) is 21.0 Å². The highest BCUT2D eigenvalue weighted by Crippen LogP contribution is 2.34. The topological polar surface area (TPSA) is 119 Å². The Balaban J connectivity index is 1.94. The molecule has 0 radical (unpaired) electrons. The zero-order valence-corrected chi connectivity index (χ0v) is 17.0. The Bertz CT molecular complexity index is 1170. The fourth-order valence-electron chi connectivity index (χ4n) is 2.76. The third-order valence-electron chi connectivity index (χ3n) is 4.07. The zero-order valence-electron chi connectivity index (χ0n) is 15.4. The first-order chi connectivity index (χ1) is 13.2. The van der Waals surface area contributed by atoms with Crippen LogP contribution in [0.1, 0.15) is 41.2 Å². The molecule has 3 aromatic rings. The Morgan fingerprint density at radius 1 is 1.14 bits per heavy atom. The van der Waals surface area contributed by atoms with Gasteiger partial charge in [-0.05, 0) is 42.8 Å². The van der Waals surface area contributed by atoms with E-state index in [1.807, 2.05) is 16.9 Å². The fraction of sp³-hybridized carbons (Fsp3) is 0.211. The molecule has 2 heterocycles. The van der Waals surface area contributed by atoms with Gasteiger partial charge in [0, 0.05) is 23.6 Å². The van der Waals surface area contributed by atoms with Gasteiger partial charge in [0.15, 0.2) is 0 Å². The molecule has 0 unspecified atom stereocenters. The molecule has 2 aromatic heterocycles. The lowest BCUT2D eigenvalue weighted by molar-refractivity contribution is -0.117. The Kier molecular flexibility index (Phi) is 5.48. The van der Waals surface area contributed by atoms with Gasteiger partial charge in [0.25, 0.3) is 10.0 Å². The number of carbonyl (C=O) groups is 2. The van der Waals surface area contributed by atoms with Gasteiger partial charge in [0.1, 0.15) is 9.71 Å². The van der Waals surface area contributed by atoms with Crippen molar-refractivity contribution in [1.29, 1.82) is 0 Å².